The average molecular weight is 541 g/mol. The Morgan fingerprint density at radius 1 is 1.16 bits per heavy atom. The Morgan fingerprint density at radius 3 is 2.74 bits per heavy atom. The molecule has 200 valence electrons. The monoisotopic (exact) mass is 540 g/mol. The summed E-state index contributed by atoms with van der Waals surface area (Å²) in [6.45, 7) is 6.58. The molecule has 0 bridgehead atoms. The predicted octanol–water partition coefficient (Wildman–Crippen LogP) is 3.72. The molecule has 0 aliphatic carbocycles. The van der Waals surface area contributed by atoms with Crippen molar-refractivity contribution in [2.24, 2.45) is 0 Å². The van der Waals surface area contributed by atoms with E-state index in [0.29, 0.717) is 29.5 Å². The molecule has 0 spiro atoms. The summed E-state index contributed by atoms with van der Waals surface area (Å²) in [6, 6.07) is 12.5. The van der Waals surface area contributed by atoms with Crippen molar-refractivity contribution in [1.29, 1.82) is 0 Å². The first kappa shape index (κ1) is 26.0. The van der Waals surface area contributed by atoms with Crippen molar-refractivity contribution in [3.05, 3.63) is 59.5 Å². The molecule has 2 aliphatic heterocycles. The Morgan fingerprint density at radius 2 is 1.97 bits per heavy atom. The number of halogens is 2. The Bertz CT molecular complexity index is 1330. The number of hydrogen-bond donors (Lipinski definition) is 2. The fraction of sp³-hybridized carbons (Fsp3) is 0.370. The molecule has 0 saturated carbocycles. The number of anilines is 3. The van der Waals surface area contributed by atoms with Gasteiger partial charge in [-0.3, -0.25) is 19.6 Å². The number of benzene rings is 2. The first-order valence-electron chi connectivity index (χ1n) is 12.6. The fourth-order valence-electron chi connectivity index (χ4n) is 4.85. The van der Waals surface area contributed by atoms with Gasteiger partial charge in [-0.05, 0) is 42.5 Å². The van der Waals surface area contributed by atoms with Crippen LogP contribution >= 0.6 is 11.6 Å². The maximum Gasteiger partial charge on any atom is 0.414 e. The van der Waals surface area contributed by atoms with Crippen molar-refractivity contribution in [1.82, 2.24) is 15.2 Å². The SMILES string of the molecule is CC(=O)NCC1CN(c2ccc(N3CCN(CCNc4ccnc5cc(Cl)ccc45)CC3)c(F)c2)C(=O)O1. The Labute approximate surface area is 225 Å². The van der Waals surface area contributed by atoms with E-state index in [4.69, 9.17) is 16.3 Å². The average Bonchev–Trinajstić information content (AvgIpc) is 3.28. The van der Waals surface area contributed by atoms with Crippen LogP contribution in [0.25, 0.3) is 10.9 Å². The lowest BCUT2D eigenvalue weighted by Gasteiger charge is -2.36. The zero-order valence-electron chi connectivity index (χ0n) is 21.1. The molecule has 2 saturated heterocycles. The van der Waals surface area contributed by atoms with Crippen LogP contribution in [0.4, 0.5) is 26.2 Å². The van der Waals surface area contributed by atoms with E-state index in [2.05, 4.69) is 20.5 Å². The number of ether oxygens (including phenoxy) is 1. The van der Waals surface area contributed by atoms with Gasteiger partial charge >= 0.3 is 6.09 Å². The Kier molecular flexibility index (Phi) is 7.80. The number of nitrogens with one attached hydrogen (secondary N) is 2. The van der Waals surface area contributed by atoms with Gasteiger partial charge in [-0.15, -0.1) is 0 Å². The third kappa shape index (κ3) is 5.92. The van der Waals surface area contributed by atoms with E-state index in [1.807, 2.05) is 29.2 Å². The van der Waals surface area contributed by atoms with Gasteiger partial charge in [0.15, 0.2) is 0 Å². The van der Waals surface area contributed by atoms with Gasteiger partial charge < -0.3 is 20.3 Å². The van der Waals surface area contributed by atoms with Crippen LogP contribution < -0.4 is 20.4 Å². The molecule has 3 aromatic rings. The van der Waals surface area contributed by atoms with Gasteiger partial charge in [0.05, 0.1) is 30.0 Å². The van der Waals surface area contributed by atoms with Crippen LogP contribution in [0.2, 0.25) is 5.02 Å². The molecule has 2 amide bonds. The molecule has 2 aliphatic rings. The number of aromatic nitrogens is 1. The molecule has 2 fully saturated rings. The second-order valence-electron chi connectivity index (χ2n) is 9.46. The van der Waals surface area contributed by atoms with E-state index < -0.39 is 12.2 Å². The summed E-state index contributed by atoms with van der Waals surface area (Å²) in [4.78, 5) is 33.5. The summed E-state index contributed by atoms with van der Waals surface area (Å²) >= 11 is 6.08. The lowest BCUT2D eigenvalue weighted by molar-refractivity contribution is -0.119. The highest BCUT2D eigenvalue weighted by Gasteiger charge is 2.33. The minimum atomic E-state index is -0.543. The molecular weight excluding hydrogens is 511 g/mol. The van der Waals surface area contributed by atoms with Crippen molar-refractivity contribution < 1.29 is 18.7 Å². The Balaban J connectivity index is 1.12. The summed E-state index contributed by atoms with van der Waals surface area (Å²) in [7, 11) is 0. The van der Waals surface area contributed by atoms with Crippen LogP contribution in [0.5, 0.6) is 0 Å². The molecule has 5 rings (SSSR count). The van der Waals surface area contributed by atoms with Crippen LogP contribution in [0, 0.1) is 5.82 Å². The van der Waals surface area contributed by atoms with Crippen LogP contribution in [-0.4, -0.2) is 80.3 Å². The van der Waals surface area contributed by atoms with Crippen molar-refractivity contribution in [2.45, 2.75) is 13.0 Å². The second kappa shape index (κ2) is 11.4. The fourth-order valence-corrected chi connectivity index (χ4v) is 5.02. The molecule has 1 unspecified atom stereocenters. The molecule has 0 radical (unpaired) electrons. The van der Waals surface area contributed by atoms with Gasteiger partial charge in [-0.25, -0.2) is 9.18 Å². The van der Waals surface area contributed by atoms with Crippen LogP contribution in [0.15, 0.2) is 48.7 Å². The summed E-state index contributed by atoms with van der Waals surface area (Å²) in [6.07, 6.45) is 0.766. The number of rotatable bonds is 8. The number of carbonyl (C=O) groups is 2. The van der Waals surface area contributed by atoms with Gasteiger partial charge in [0.25, 0.3) is 0 Å². The van der Waals surface area contributed by atoms with Crippen molar-refractivity contribution in [3.63, 3.8) is 0 Å². The standard InChI is InChI=1S/C27H30ClFN6O3/c1-18(36)32-16-21-17-35(27(37)38-21)20-3-5-26(23(29)15-20)34-12-10-33(11-13-34)9-8-31-24-6-7-30-25-14-19(28)2-4-22(24)25/h2-7,14-15,21H,8-13,16-17H2,1H3,(H,30,31)(H,32,36). The molecule has 2 N–H and O–H groups in total. The molecule has 9 nitrogen and oxygen atoms in total. The number of fused-ring (bicyclic) bond motifs is 1. The smallest absolute Gasteiger partial charge is 0.414 e. The zero-order valence-corrected chi connectivity index (χ0v) is 21.9. The van der Waals surface area contributed by atoms with Gasteiger partial charge in [-0.1, -0.05) is 11.6 Å². The summed E-state index contributed by atoms with van der Waals surface area (Å²) in [5, 5.41) is 7.83. The molecular formula is C27H30ClFN6O3. The number of nitrogens with zero attached hydrogens (tertiary/aromatic N) is 4. The quantitative estimate of drug-likeness (QED) is 0.450. The topological polar surface area (TPSA) is 90.0 Å². The first-order valence-corrected chi connectivity index (χ1v) is 13.0. The van der Waals surface area contributed by atoms with Gasteiger partial charge in [-0.2, -0.15) is 0 Å². The van der Waals surface area contributed by atoms with Crippen LogP contribution in [0.3, 0.4) is 0 Å². The lowest BCUT2D eigenvalue weighted by Crippen LogP contribution is -2.47. The van der Waals surface area contributed by atoms with Gasteiger partial charge in [0, 0.05) is 68.5 Å². The van der Waals surface area contributed by atoms with E-state index >= 15 is 4.39 Å². The van der Waals surface area contributed by atoms with Crippen molar-refractivity contribution >= 4 is 51.6 Å². The minimum absolute atomic E-state index is 0.195. The normalized spacial score (nSPS) is 18.1. The van der Waals surface area contributed by atoms with Crippen molar-refractivity contribution in [3.8, 4) is 0 Å². The van der Waals surface area contributed by atoms with E-state index in [1.54, 1.807) is 18.3 Å². The van der Waals surface area contributed by atoms with E-state index in [-0.39, 0.29) is 24.8 Å². The maximum absolute atomic E-state index is 15.1. The van der Waals surface area contributed by atoms with E-state index in [0.717, 1.165) is 42.8 Å². The second-order valence-corrected chi connectivity index (χ2v) is 9.90. The number of carbonyl (C=O) groups excluding carboxylic acids is 2. The lowest BCUT2D eigenvalue weighted by atomic mass is 10.2. The number of cyclic esters (lactones) is 1. The molecule has 3 heterocycles. The first-order chi connectivity index (χ1) is 18.4. The molecule has 38 heavy (non-hydrogen) atoms. The third-order valence-corrected chi connectivity index (χ3v) is 7.09. The highest BCUT2D eigenvalue weighted by Crippen LogP contribution is 2.29. The molecule has 11 heteroatoms. The predicted molar refractivity (Wildman–Crippen MR) is 147 cm³/mol. The van der Waals surface area contributed by atoms with Crippen LogP contribution in [-0.2, 0) is 9.53 Å². The largest absolute Gasteiger partial charge is 0.442 e. The molecule has 2 aromatic carbocycles. The van der Waals surface area contributed by atoms with Gasteiger partial charge in [0.1, 0.15) is 11.9 Å². The summed E-state index contributed by atoms with van der Waals surface area (Å²) in [5.41, 5.74) is 2.85. The minimum Gasteiger partial charge on any atom is -0.442 e. The van der Waals surface area contributed by atoms with Crippen molar-refractivity contribution in [2.75, 3.05) is 67.5 Å². The number of piperazine rings is 1. The Hall–Kier alpha value is -3.63. The number of amides is 2. The summed E-state index contributed by atoms with van der Waals surface area (Å²) in [5.74, 6) is -0.570. The van der Waals surface area contributed by atoms with Crippen LogP contribution in [0.1, 0.15) is 6.92 Å². The highest BCUT2D eigenvalue weighted by molar-refractivity contribution is 6.31. The molecule has 1 atom stereocenters. The van der Waals surface area contributed by atoms with E-state index in [9.17, 15) is 9.59 Å². The third-order valence-electron chi connectivity index (χ3n) is 6.86. The van der Waals surface area contributed by atoms with E-state index in [1.165, 1.54) is 17.9 Å². The zero-order chi connectivity index (χ0) is 26.6. The highest BCUT2D eigenvalue weighted by atomic mass is 35.5. The number of pyridine rings is 1. The summed E-state index contributed by atoms with van der Waals surface area (Å²) < 4.78 is 20.4. The molecule has 1 aromatic heterocycles. The van der Waals surface area contributed by atoms with Gasteiger partial charge in [0.2, 0.25) is 5.91 Å². The number of hydrogen-bond acceptors (Lipinski definition) is 7. The maximum atomic E-state index is 15.1.